The minimum atomic E-state index is -0.209. The van der Waals surface area contributed by atoms with Gasteiger partial charge in [0.2, 0.25) is 5.91 Å². The highest BCUT2D eigenvalue weighted by Gasteiger charge is 2.28. The van der Waals surface area contributed by atoms with Crippen LogP contribution in [-0.2, 0) is 11.3 Å². The van der Waals surface area contributed by atoms with Crippen LogP contribution in [0.25, 0.3) is 0 Å². The molecule has 1 aliphatic rings. The molecule has 1 aromatic rings. The van der Waals surface area contributed by atoms with Crippen LogP contribution in [0, 0.1) is 11.7 Å². The average Bonchev–Trinajstić information content (AvgIpc) is 2.71. The smallest absolute Gasteiger partial charge is 0.236 e. The number of carbonyl (C=O) groups excluding carboxylic acids is 1. The third-order valence-corrected chi connectivity index (χ3v) is 4.35. The van der Waals surface area contributed by atoms with Crippen molar-refractivity contribution >= 4 is 5.91 Å². The molecule has 1 amide bonds. The number of rotatable bonds is 4. The normalized spacial score (nSPS) is 20.2. The lowest BCUT2D eigenvalue weighted by molar-refractivity contribution is -0.130. The molecule has 5 heteroatoms. The first kappa shape index (κ1) is 16.9. The van der Waals surface area contributed by atoms with Crippen LogP contribution in [0.3, 0.4) is 0 Å². The summed E-state index contributed by atoms with van der Waals surface area (Å²) in [6.07, 6.45) is 0.941. The fraction of sp³-hybridized carbons (Fsp3) is 0.588. The zero-order valence-electron chi connectivity index (χ0n) is 13.5. The molecule has 0 aliphatic carbocycles. The molecular formula is C17H26FN3O. The number of amides is 1. The highest BCUT2D eigenvalue weighted by Crippen LogP contribution is 2.20. The van der Waals surface area contributed by atoms with E-state index >= 15 is 0 Å². The van der Waals surface area contributed by atoms with Crippen molar-refractivity contribution in [1.29, 1.82) is 0 Å². The predicted octanol–water partition coefficient (Wildman–Crippen LogP) is 1.84. The van der Waals surface area contributed by atoms with Crippen LogP contribution < -0.4 is 5.73 Å². The van der Waals surface area contributed by atoms with Gasteiger partial charge in [0.1, 0.15) is 5.82 Å². The van der Waals surface area contributed by atoms with E-state index < -0.39 is 0 Å². The summed E-state index contributed by atoms with van der Waals surface area (Å²) in [4.78, 5) is 16.2. The summed E-state index contributed by atoms with van der Waals surface area (Å²) < 4.78 is 13.0. The number of nitrogens with zero attached hydrogens (tertiary/aromatic N) is 2. The Hall–Kier alpha value is -1.46. The van der Waals surface area contributed by atoms with Crippen molar-refractivity contribution in [3.63, 3.8) is 0 Å². The van der Waals surface area contributed by atoms with Crippen LogP contribution in [0.15, 0.2) is 24.3 Å². The number of hydrogen-bond acceptors (Lipinski definition) is 3. The Labute approximate surface area is 132 Å². The van der Waals surface area contributed by atoms with E-state index in [4.69, 9.17) is 5.73 Å². The lowest BCUT2D eigenvalue weighted by Crippen LogP contribution is -2.46. The fourth-order valence-electron chi connectivity index (χ4n) is 3.07. The van der Waals surface area contributed by atoms with Gasteiger partial charge < -0.3 is 10.6 Å². The summed E-state index contributed by atoms with van der Waals surface area (Å²) in [6.45, 7) is 7.64. The molecule has 1 fully saturated rings. The van der Waals surface area contributed by atoms with Crippen LogP contribution in [-0.4, -0.2) is 47.9 Å². The Morgan fingerprint density at radius 3 is 2.59 bits per heavy atom. The molecule has 0 spiro atoms. The van der Waals surface area contributed by atoms with Crippen LogP contribution >= 0.6 is 0 Å². The molecule has 0 unspecified atom stereocenters. The van der Waals surface area contributed by atoms with Gasteiger partial charge in [-0.2, -0.15) is 0 Å². The second-order valence-electron chi connectivity index (χ2n) is 6.31. The van der Waals surface area contributed by atoms with Gasteiger partial charge >= 0.3 is 0 Å². The summed E-state index contributed by atoms with van der Waals surface area (Å²) >= 11 is 0. The maximum Gasteiger partial charge on any atom is 0.236 e. The molecule has 0 radical (unpaired) electrons. The number of halogens is 1. The molecule has 2 N–H and O–H groups in total. The van der Waals surface area contributed by atoms with E-state index in [2.05, 4.69) is 18.7 Å². The molecule has 0 saturated carbocycles. The number of nitrogens with two attached hydrogens (primary N) is 1. The van der Waals surface area contributed by atoms with Gasteiger partial charge in [-0.15, -0.1) is 0 Å². The third-order valence-electron chi connectivity index (χ3n) is 4.35. The van der Waals surface area contributed by atoms with E-state index in [1.54, 1.807) is 0 Å². The second kappa shape index (κ2) is 7.70. The van der Waals surface area contributed by atoms with Crippen molar-refractivity contribution in [1.82, 2.24) is 9.80 Å². The minimum absolute atomic E-state index is 0.0225. The first-order chi connectivity index (χ1) is 10.5. The van der Waals surface area contributed by atoms with E-state index in [1.165, 1.54) is 12.1 Å². The molecule has 1 atom stereocenters. The molecule has 4 nitrogen and oxygen atoms in total. The first-order valence-electron chi connectivity index (χ1n) is 7.97. The highest BCUT2D eigenvalue weighted by atomic mass is 19.1. The Bertz CT molecular complexity index is 489. The molecule has 122 valence electrons. The average molecular weight is 307 g/mol. The molecule has 2 rings (SSSR count). The van der Waals surface area contributed by atoms with Crippen LogP contribution in [0.4, 0.5) is 4.39 Å². The van der Waals surface area contributed by atoms with Crippen molar-refractivity contribution in [3.8, 4) is 0 Å². The maximum atomic E-state index is 13.0. The standard InChI is InChI=1S/C17H26FN3O/c1-13(2)16-12-21(17(22)10-19)9-3-8-20(16)11-14-4-6-15(18)7-5-14/h4-7,13,16H,3,8-12,19H2,1-2H3/t16-/m1/s1. The van der Waals surface area contributed by atoms with Gasteiger partial charge in [-0.25, -0.2) is 4.39 Å². The van der Waals surface area contributed by atoms with Gasteiger partial charge in [0.05, 0.1) is 6.54 Å². The van der Waals surface area contributed by atoms with Crippen molar-refractivity contribution in [2.24, 2.45) is 11.7 Å². The SMILES string of the molecule is CC(C)[C@H]1CN(C(=O)CN)CCCN1Cc1ccc(F)cc1. The first-order valence-corrected chi connectivity index (χ1v) is 7.97. The Morgan fingerprint density at radius 2 is 2.00 bits per heavy atom. The maximum absolute atomic E-state index is 13.0. The molecular weight excluding hydrogens is 281 g/mol. The van der Waals surface area contributed by atoms with Gasteiger partial charge in [0.15, 0.2) is 0 Å². The largest absolute Gasteiger partial charge is 0.340 e. The van der Waals surface area contributed by atoms with Gasteiger partial charge in [0.25, 0.3) is 0 Å². The molecule has 1 aliphatic heterocycles. The molecule has 1 heterocycles. The number of hydrogen-bond donors (Lipinski definition) is 1. The molecule has 1 saturated heterocycles. The summed E-state index contributed by atoms with van der Waals surface area (Å²) in [5, 5.41) is 0. The van der Waals surface area contributed by atoms with Crippen molar-refractivity contribution in [3.05, 3.63) is 35.6 Å². The van der Waals surface area contributed by atoms with Crippen molar-refractivity contribution in [2.45, 2.75) is 32.9 Å². The Kier molecular flexibility index (Phi) is 5.91. The van der Waals surface area contributed by atoms with Gasteiger partial charge in [-0.1, -0.05) is 26.0 Å². The third kappa shape index (κ3) is 4.27. The number of carbonyl (C=O) groups is 1. The van der Waals surface area contributed by atoms with E-state index in [1.807, 2.05) is 17.0 Å². The molecule has 0 bridgehead atoms. The summed E-state index contributed by atoms with van der Waals surface area (Å²) in [7, 11) is 0. The Morgan fingerprint density at radius 1 is 1.32 bits per heavy atom. The number of benzene rings is 1. The quantitative estimate of drug-likeness (QED) is 0.923. The van der Waals surface area contributed by atoms with E-state index in [-0.39, 0.29) is 18.3 Å². The molecule has 0 aromatic heterocycles. The second-order valence-corrected chi connectivity index (χ2v) is 6.31. The summed E-state index contributed by atoms with van der Waals surface area (Å²) in [5.74, 6) is 0.251. The molecule has 22 heavy (non-hydrogen) atoms. The predicted molar refractivity (Wildman–Crippen MR) is 85.7 cm³/mol. The Balaban J connectivity index is 2.11. The van der Waals surface area contributed by atoms with Gasteiger partial charge in [-0.3, -0.25) is 9.69 Å². The lowest BCUT2D eigenvalue weighted by Gasteiger charge is -2.34. The van der Waals surface area contributed by atoms with E-state index in [9.17, 15) is 9.18 Å². The van der Waals surface area contributed by atoms with Crippen LogP contribution in [0.1, 0.15) is 25.8 Å². The molecule has 1 aromatic carbocycles. The van der Waals surface area contributed by atoms with E-state index in [0.29, 0.717) is 12.0 Å². The van der Waals surface area contributed by atoms with Crippen molar-refractivity contribution in [2.75, 3.05) is 26.2 Å². The lowest BCUT2D eigenvalue weighted by atomic mass is 10.0. The van der Waals surface area contributed by atoms with Crippen LogP contribution in [0.2, 0.25) is 0 Å². The van der Waals surface area contributed by atoms with Crippen LogP contribution in [0.5, 0.6) is 0 Å². The summed E-state index contributed by atoms with van der Waals surface area (Å²) in [6, 6.07) is 6.97. The van der Waals surface area contributed by atoms with Crippen molar-refractivity contribution < 1.29 is 9.18 Å². The summed E-state index contributed by atoms with van der Waals surface area (Å²) in [5.41, 5.74) is 6.61. The van der Waals surface area contributed by atoms with E-state index in [0.717, 1.165) is 38.2 Å². The monoisotopic (exact) mass is 307 g/mol. The highest BCUT2D eigenvalue weighted by molar-refractivity contribution is 5.78. The fourth-order valence-corrected chi connectivity index (χ4v) is 3.07. The van der Waals surface area contributed by atoms with Gasteiger partial charge in [-0.05, 0) is 30.0 Å². The minimum Gasteiger partial charge on any atom is -0.340 e. The zero-order chi connectivity index (χ0) is 16.1. The zero-order valence-corrected chi connectivity index (χ0v) is 13.5. The van der Waals surface area contributed by atoms with Gasteiger partial charge in [0, 0.05) is 32.2 Å². The topological polar surface area (TPSA) is 49.6 Å².